The number of Topliss-reactive ketones (excluding diaryl/α,β-unsaturated/α-hetero) is 1. The van der Waals surface area contributed by atoms with Crippen LogP contribution in [0.4, 0.5) is 0 Å². The molecule has 0 heterocycles. The lowest BCUT2D eigenvalue weighted by Gasteiger charge is -2.29. The Morgan fingerprint density at radius 2 is 2.11 bits per heavy atom. The second-order valence-electron chi connectivity index (χ2n) is 5.35. The lowest BCUT2D eigenvalue weighted by atomic mass is 9.85. The molecule has 2 rings (SSSR count). The topological polar surface area (TPSA) is 29.5 Å². The molecule has 1 fully saturated rings. The minimum absolute atomic E-state index is 0.144. The van der Waals surface area contributed by atoms with Gasteiger partial charge in [-0.2, -0.15) is 0 Å². The van der Waals surface area contributed by atoms with Crippen molar-refractivity contribution in [2.75, 3.05) is 26.7 Å². The van der Waals surface area contributed by atoms with Gasteiger partial charge in [0.1, 0.15) is 5.75 Å². The van der Waals surface area contributed by atoms with Gasteiger partial charge in [0.05, 0.1) is 18.7 Å². The maximum atomic E-state index is 12.3. The molecule has 0 saturated heterocycles. The van der Waals surface area contributed by atoms with Gasteiger partial charge in [-0.15, -0.1) is 0 Å². The van der Waals surface area contributed by atoms with E-state index in [1.165, 1.54) is 19.3 Å². The Kier molecular flexibility index (Phi) is 4.97. The normalized spacial score (nSPS) is 15.3. The highest BCUT2D eigenvalue weighted by molar-refractivity contribution is 6.00. The molecule has 0 N–H and O–H groups in total. The molecular formula is C16H23NO2. The largest absolute Gasteiger partial charge is 0.493 e. The van der Waals surface area contributed by atoms with E-state index in [1.807, 2.05) is 38.2 Å². The summed E-state index contributed by atoms with van der Waals surface area (Å²) < 4.78 is 5.51. The van der Waals surface area contributed by atoms with Crippen LogP contribution in [-0.4, -0.2) is 37.4 Å². The smallest absolute Gasteiger partial charge is 0.180 e. The summed E-state index contributed by atoms with van der Waals surface area (Å²) in [5, 5.41) is 0. The Balaban J connectivity index is 1.94. The summed E-state index contributed by atoms with van der Waals surface area (Å²) in [5.74, 6) is 1.64. The Hall–Kier alpha value is -1.35. The lowest BCUT2D eigenvalue weighted by Crippen LogP contribution is -2.33. The predicted octanol–water partition coefficient (Wildman–Crippen LogP) is 3.00. The lowest BCUT2D eigenvalue weighted by molar-refractivity contribution is 0.0921. The number of hydrogen-bond acceptors (Lipinski definition) is 3. The van der Waals surface area contributed by atoms with E-state index in [0.29, 0.717) is 24.5 Å². The van der Waals surface area contributed by atoms with Crippen molar-refractivity contribution in [2.24, 2.45) is 5.92 Å². The molecule has 104 valence electrons. The first-order chi connectivity index (χ1) is 9.20. The third kappa shape index (κ3) is 3.80. The zero-order valence-corrected chi connectivity index (χ0v) is 11.9. The van der Waals surface area contributed by atoms with E-state index in [2.05, 4.69) is 4.90 Å². The minimum atomic E-state index is 0.144. The van der Waals surface area contributed by atoms with Crippen LogP contribution in [0.3, 0.4) is 0 Å². The van der Waals surface area contributed by atoms with E-state index in [9.17, 15) is 4.79 Å². The number of likely N-dealkylation sites (N-methyl/N-ethyl adjacent to an activating group) is 1. The van der Waals surface area contributed by atoms with Crippen LogP contribution < -0.4 is 4.74 Å². The summed E-state index contributed by atoms with van der Waals surface area (Å²) in [6.07, 6.45) is 3.97. The van der Waals surface area contributed by atoms with Gasteiger partial charge in [0.2, 0.25) is 0 Å². The van der Waals surface area contributed by atoms with E-state index in [1.54, 1.807) is 0 Å². The van der Waals surface area contributed by atoms with Gasteiger partial charge in [-0.1, -0.05) is 18.6 Å². The minimum Gasteiger partial charge on any atom is -0.493 e. The number of nitrogens with zero attached hydrogens (tertiary/aromatic N) is 1. The van der Waals surface area contributed by atoms with Gasteiger partial charge in [-0.05, 0) is 44.9 Å². The molecule has 0 spiro atoms. The van der Waals surface area contributed by atoms with E-state index >= 15 is 0 Å². The maximum absolute atomic E-state index is 12.3. The fourth-order valence-electron chi connectivity index (χ4n) is 2.49. The van der Waals surface area contributed by atoms with Gasteiger partial charge in [0.15, 0.2) is 5.78 Å². The second kappa shape index (κ2) is 6.71. The summed E-state index contributed by atoms with van der Waals surface area (Å²) in [6.45, 7) is 4.02. The van der Waals surface area contributed by atoms with Crippen LogP contribution in [0.1, 0.15) is 36.5 Å². The summed E-state index contributed by atoms with van der Waals surface area (Å²) in [4.78, 5) is 14.5. The molecule has 0 radical (unpaired) electrons. The summed E-state index contributed by atoms with van der Waals surface area (Å²) >= 11 is 0. The molecule has 0 aliphatic heterocycles. The van der Waals surface area contributed by atoms with Gasteiger partial charge in [0, 0.05) is 6.54 Å². The molecule has 0 atom stereocenters. The van der Waals surface area contributed by atoms with Crippen molar-refractivity contribution in [3.8, 4) is 5.75 Å². The summed E-state index contributed by atoms with van der Waals surface area (Å²) in [5.41, 5.74) is 0.699. The van der Waals surface area contributed by atoms with Crippen molar-refractivity contribution in [1.29, 1.82) is 0 Å². The average molecular weight is 261 g/mol. The van der Waals surface area contributed by atoms with E-state index in [-0.39, 0.29) is 5.78 Å². The van der Waals surface area contributed by atoms with E-state index < -0.39 is 0 Å². The number of carbonyl (C=O) groups excluding carboxylic acids is 1. The standard InChI is InChI=1S/C16H23NO2/c1-3-19-16-10-5-4-9-14(16)15(18)12-17(2)11-13-7-6-8-13/h4-5,9-10,13H,3,6-8,11-12H2,1-2H3. The quantitative estimate of drug-likeness (QED) is 0.707. The Bertz CT molecular complexity index is 427. The van der Waals surface area contributed by atoms with Gasteiger partial charge < -0.3 is 4.74 Å². The van der Waals surface area contributed by atoms with Crippen molar-refractivity contribution in [3.05, 3.63) is 29.8 Å². The zero-order chi connectivity index (χ0) is 13.7. The fraction of sp³-hybridized carbons (Fsp3) is 0.562. The van der Waals surface area contributed by atoms with Gasteiger partial charge in [-0.3, -0.25) is 9.69 Å². The van der Waals surface area contributed by atoms with Crippen LogP contribution in [0, 0.1) is 5.92 Å². The first kappa shape index (κ1) is 14.1. The highest BCUT2D eigenvalue weighted by atomic mass is 16.5. The molecule has 0 amide bonds. The van der Waals surface area contributed by atoms with E-state index in [4.69, 9.17) is 4.74 Å². The maximum Gasteiger partial charge on any atom is 0.180 e. The highest BCUT2D eigenvalue weighted by Gasteiger charge is 2.21. The molecule has 0 aromatic heterocycles. The molecule has 1 aliphatic rings. The molecule has 0 unspecified atom stereocenters. The molecule has 1 saturated carbocycles. The van der Waals surface area contributed by atoms with Crippen molar-refractivity contribution in [3.63, 3.8) is 0 Å². The third-order valence-corrected chi connectivity index (χ3v) is 3.70. The molecule has 1 aliphatic carbocycles. The number of hydrogen-bond donors (Lipinski definition) is 0. The van der Waals surface area contributed by atoms with Crippen molar-refractivity contribution >= 4 is 5.78 Å². The van der Waals surface area contributed by atoms with Crippen molar-refractivity contribution < 1.29 is 9.53 Å². The molecule has 3 heteroatoms. The number of benzene rings is 1. The number of para-hydroxylation sites is 1. The highest BCUT2D eigenvalue weighted by Crippen LogP contribution is 2.27. The number of ketones is 1. The van der Waals surface area contributed by atoms with Crippen LogP contribution in [-0.2, 0) is 0 Å². The first-order valence-electron chi connectivity index (χ1n) is 7.14. The molecule has 1 aromatic carbocycles. The SMILES string of the molecule is CCOc1ccccc1C(=O)CN(C)CC1CCC1. The van der Waals surface area contributed by atoms with Crippen LogP contribution in [0.15, 0.2) is 24.3 Å². The predicted molar refractivity (Wildman–Crippen MR) is 76.8 cm³/mol. The molecular weight excluding hydrogens is 238 g/mol. The Morgan fingerprint density at radius 1 is 1.37 bits per heavy atom. The van der Waals surface area contributed by atoms with Crippen molar-refractivity contribution in [2.45, 2.75) is 26.2 Å². The molecule has 19 heavy (non-hydrogen) atoms. The van der Waals surface area contributed by atoms with Gasteiger partial charge in [0.25, 0.3) is 0 Å². The third-order valence-electron chi connectivity index (χ3n) is 3.70. The van der Waals surface area contributed by atoms with E-state index in [0.717, 1.165) is 12.5 Å². The molecule has 3 nitrogen and oxygen atoms in total. The second-order valence-corrected chi connectivity index (χ2v) is 5.35. The summed E-state index contributed by atoms with van der Waals surface area (Å²) in [7, 11) is 2.03. The number of rotatable bonds is 7. The van der Waals surface area contributed by atoms with Crippen molar-refractivity contribution in [1.82, 2.24) is 4.90 Å². The first-order valence-corrected chi connectivity index (χ1v) is 7.14. The van der Waals surface area contributed by atoms with Crippen LogP contribution >= 0.6 is 0 Å². The molecule has 0 bridgehead atoms. The fourth-order valence-corrected chi connectivity index (χ4v) is 2.49. The van der Waals surface area contributed by atoms with Crippen LogP contribution in [0.5, 0.6) is 5.75 Å². The number of ether oxygens (including phenoxy) is 1. The molecule has 1 aromatic rings. The van der Waals surface area contributed by atoms with Crippen LogP contribution in [0.25, 0.3) is 0 Å². The Labute approximate surface area is 115 Å². The Morgan fingerprint density at radius 3 is 2.74 bits per heavy atom. The van der Waals surface area contributed by atoms with Crippen LogP contribution in [0.2, 0.25) is 0 Å². The average Bonchev–Trinajstić information content (AvgIpc) is 2.35. The monoisotopic (exact) mass is 261 g/mol. The summed E-state index contributed by atoms with van der Waals surface area (Å²) in [6, 6.07) is 7.51. The zero-order valence-electron chi connectivity index (χ0n) is 11.9. The number of carbonyl (C=O) groups is 1. The van der Waals surface area contributed by atoms with Gasteiger partial charge in [-0.25, -0.2) is 0 Å². The van der Waals surface area contributed by atoms with Gasteiger partial charge >= 0.3 is 0 Å².